The number of nitrogens with one attached hydrogen (secondary N) is 1. The first-order valence-corrected chi connectivity index (χ1v) is 6.33. The van der Waals surface area contributed by atoms with Crippen molar-refractivity contribution < 1.29 is 19.1 Å². The van der Waals surface area contributed by atoms with Crippen molar-refractivity contribution in [1.82, 2.24) is 5.32 Å². The minimum absolute atomic E-state index is 0.0890. The lowest BCUT2D eigenvalue weighted by atomic mass is 10.1. The Morgan fingerprint density at radius 2 is 2.10 bits per heavy atom. The molecule has 0 spiro atoms. The van der Waals surface area contributed by atoms with Crippen molar-refractivity contribution >= 4 is 23.3 Å². The van der Waals surface area contributed by atoms with Crippen LogP contribution < -0.4 is 15.0 Å². The van der Waals surface area contributed by atoms with Gasteiger partial charge >= 0.3 is 0 Å². The first kappa shape index (κ1) is 14.0. The summed E-state index contributed by atoms with van der Waals surface area (Å²) in [5.41, 5.74) is 0.937. The number of ketones is 1. The number of anilines is 1. The molecule has 1 aliphatic rings. The van der Waals surface area contributed by atoms with Gasteiger partial charge in [0.15, 0.2) is 0 Å². The molecule has 0 unspecified atom stereocenters. The Hall–Kier alpha value is -2.37. The van der Waals surface area contributed by atoms with E-state index in [9.17, 15) is 14.4 Å². The Morgan fingerprint density at radius 3 is 2.75 bits per heavy atom. The van der Waals surface area contributed by atoms with E-state index in [1.807, 2.05) is 0 Å². The van der Waals surface area contributed by atoms with Gasteiger partial charge < -0.3 is 15.0 Å². The quantitative estimate of drug-likeness (QED) is 0.805. The highest BCUT2D eigenvalue weighted by molar-refractivity contribution is 6.52. The Bertz CT molecular complexity index is 568. The van der Waals surface area contributed by atoms with Gasteiger partial charge in [-0.25, -0.2) is 0 Å². The van der Waals surface area contributed by atoms with Crippen molar-refractivity contribution in [3.63, 3.8) is 0 Å². The monoisotopic (exact) mass is 276 g/mol. The van der Waals surface area contributed by atoms with E-state index >= 15 is 0 Å². The molecular weight excluding hydrogens is 260 g/mol. The van der Waals surface area contributed by atoms with Crippen molar-refractivity contribution in [2.45, 2.75) is 12.8 Å². The largest absolute Gasteiger partial charge is 0.497 e. The fourth-order valence-electron chi connectivity index (χ4n) is 2.15. The minimum atomic E-state index is -0.551. The molecule has 0 bridgehead atoms. The van der Waals surface area contributed by atoms with Gasteiger partial charge in [-0.1, -0.05) is 0 Å². The van der Waals surface area contributed by atoms with Gasteiger partial charge in [-0.05, 0) is 18.6 Å². The van der Waals surface area contributed by atoms with Crippen LogP contribution >= 0.6 is 0 Å². The van der Waals surface area contributed by atoms with Crippen molar-refractivity contribution in [3.05, 3.63) is 23.8 Å². The molecule has 1 aromatic rings. The molecule has 2 rings (SSSR count). The number of carbonyl (C=O) groups is 3. The number of Topliss-reactive ketones (excluding diaryl/α,β-unsaturated/α-hetero) is 1. The summed E-state index contributed by atoms with van der Waals surface area (Å²) in [5, 5.41) is 2.52. The van der Waals surface area contributed by atoms with Crippen LogP contribution in [-0.4, -0.2) is 38.3 Å². The summed E-state index contributed by atoms with van der Waals surface area (Å²) in [6, 6.07) is 4.91. The molecule has 20 heavy (non-hydrogen) atoms. The van der Waals surface area contributed by atoms with Crippen LogP contribution in [0.3, 0.4) is 0 Å². The second kappa shape index (κ2) is 5.73. The maximum Gasteiger partial charge on any atom is 0.299 e. The highest BCUT2D eigenvalue weighted by atomic mass is 16.5. The van der Waals surface area contributed by atoms with Gasteiger partial charge in [-0.3, -0.25) is 14.4 Å². The predicted molar refractivity (Wildman–Crippen MR) is 73.0 cm³/mol. The van der Waals surface area contributed by atoms with Crippen LogP contribution in [0.25, 0.3) is 0 Å². The van der Waals surface area contributed by atoms with Gasteiger partial charge in [0.1, 0.15) is 5.75 Å². The van der Waals surface area contributed by atoms with Gasteiger partial charge in [0.05, 0.1) is 18.4 Å². The number of benzene rings is 1. The van der Waals surface area contributed by atoms with Crippen LogP contribution in [0.1, 0.15) is 23.2 Å². The first-order chi connectivity index (χ1) is 9.58. The number of ether oxygens (including phenoxy) is 1. The Labute approximate surface area is 116 Å². The van der Waals surface area contributed by atoms with E-state index in [0.717, 1.165) is 0 Å². The lowest BCUT2D eigenvalue weighted by molar-refractivity contribution is -0.121. The molecule has 0 aliphatic carbocycles. The number of carbonyl (C=O) groups excluding carboxylic acids is 3. The maximum absolute atomic E-state index is 11.9. The van der Waals surface area contributed by atoms with Crippen molar-refractivity contribution in [2.75, 3.05) is 25.6 Å². The van der Waals surface area contributed by atoms with Crippen LogP contribution in [0.4, 0.5) is 5.69 Å². The summed E-state index contributed by atoms with van der Waals surface area (Å²) in [6.07, 6.45) is 0.809. The molecule has 106 valence electrons. The third-order valence-electron chi connectivity index (χ3n) is 3.24. The van der Waals surface area contributed by atoms with Crippen molar-refractivity contribution in [3.8, 4) is 5.75 Å². The number of fused-ring (bicyclic) bond motifs is 1. The van der Waals surface area contributed by atoms with Gasteiger partial charge in [0, 0.05) is 26.1 Å². The number of amides is 2. The zero-order valence-electron chi connectivity index (χ0n) is 11.4. The van der Waals surface area contributed by atoms with Gasteiger partial charge in [-0.15, -0.1) is 0 Å². The Morgan fingerprint density at radius 1 is 1.35 bits per heavy atom. The summed E-state index contributed by atoms with van der Waals surface area (Å²) in [6.45, 7) is 0.332. The highest BCUT2D eigenvalue weighted by Crippen LogP contribution is 2.32. The highest BCUT2D eigenvalue weighted by Gasteiger charge is 2.35. The molecule has 0 saturated heterocycles. The number of hydrogen-bond donors (Lipinski definition) is 1. The molecular formula is C14H16N2O4. The Kier molecular flexibility index (Phi) is 4.02. The topological polar surface area (TPSA) is 75.7 Å². The van der Waals surface area contributed by atoms with Gasteiger partial charge in [0.25, 0.3) is 11.7 Å². The molecule has 1 N–H and O–H groups in total. The number of methoxy groups -OCH3 is 1. The van der Waals surface area contributed by atoms with Gasteiger partial charge in [-0.2, -0.15) is 0 Å². The fourth-order valence-corrected chi connectivity index (χ4v) is 2.15. The smallest absolute Gasteiger partial charge is 0.299 e. The first-order valence-electron chi connectivity index (χ1n) is 6.33. The lowest BCUT2D eigenvalue weighted by Crippen LogP contribution is -2.31. The molecule has 0 fully saturated rings. The molecule has 6 nitrogen and oxygen atoms in total. The average molecular weight is 276 g/mol. The summed E-state index contributed by atoms with van der Waals surface area (Å²) in [5.74, 6) is -0.566. The molecule has 0 radical (unpaired) electrons. The van der Waals surface area contributed by atoms with E-state index in [-0.39, 0.29) is 5.91 Å². The van der Waals surface area contributed by atoms with Crippen molar-refractivity contribution in [1.29, 1.82) is 0 Å². The van der Waals surface area contributed by atoms with Crippen LogP contribution in [-0.2, 0) is 9.59 Å². The van der Waals surface area contributed by atoms with Crippen LogP contribution in [0.5, 0.6) is 5.75 Å². The second-order valence-electron chi connectivity index (χ2n) is 4.45. The molecule has 0 saturated carbocycles. The number of hydrogen-bond acceptors (Lipinski definition) is 4. The third kappa shape index (κ3) is 2.49. The van der Waals surface area contributed by atoms with E-state index in [4.69, 9.17) is 4.74 Å². The summed E-state index contributed by atoms with van der Waals surface area (Å²) >= 11 is 0. The zero-order chi connectivity index (χ0) is 14.7. The molecule has 6 heteroatoms. The SMILES string of the molecule is CNC(=O)CCCN1C(=O)C(=O)c2ccc(OC)cc21. The van der Waals surface area contributed by atoms with E-state index in [1.54, 1.807) is 25.2 Å². The normalized spacial score (nSPS) is 13.4. The van der Waals surface area contributed by atoms with Gasteiger partial charge in [0.2, 0.25) is 5.91 Å². The molecule has 0 aromatic heterocycles. The maximum atomic E-state index is 11.9. The third-order valence-corrected chi connectivity index (χ3v) is 3.24. The summed E-state index contributed by atoms with van der Waals surface area (Å²) in [7, 11) is 3.09. The Balaban J connectivity index is 2.16. The predicted octanol–water partition coefficient (Wildman–Crippen LogP) is 0.751. The summed E-state index contributed by atoms with van der Waals surface area (Å²) in [4.78, 5) is 36.4. The lowest BCUT2D eigenvalue weighted by Gasteiger charge is -2.16. The standard InChI is InChI=1S/C14H16N2O4/c1-15-12(17)4-3-7-16-11-8-9(20-2)5-6-10(11)13(18)14(16)19/h5-6,8H,3-4,7H2,1-2H3,(H,15,17). The molecule has 2 amide bonds. The van der Waals surface area contributed by atoms with E-state index in [0.29, 0.717) is 36.4 Å². The van der Waals surface area contributed by atoms with E-state index < -0.39 is 11.7 Å². The summed E-state index contributed by atoms with van der Waals surface area (Å²) < 4.78 is 5.10. The molecule has 1 heterocycles. The molecule has 0 atom stereocenters. The number of rotatable bonds is 5. The average Bonchev–Trinajstić information content (AvgIpc) is 2.71. The molecule has 1 aromatic carbocycles. The fraction of sp³-hybridized carbons (Fsp3) is 0.357. The van der Waals surface area contributed by atoms with Crippen LogP contribution in [0.15, 0.2) is 18.2 Å². The van der Waals surface area contributed by atoms with Crippen molar-refractivity contribution in [2.24, 2.45) is 0 Å². The van der Waals surface area contributed by atoms with E-state index in [1.165, 1.54) is 12.0 Å². The van der Waals surface area contributed by atoms with E-state index in [2.05, 4.69) is 5.32 Å². The zero-order valence-corrected chi connectivity index (χ0v) is 11.4. The number of nitrogens with zero attached hydrogens (tertiary/aromatic N) is 1. The second-order valence-corrected chi connectivity index (χ2v) is 4.45. The van der Waals surface area contributed by atoms with Crippen LogP contribution in [0.2, 0.25) is 0 Å². The molecule has 1 aliphatic heterocycles. The van der Waals surface area contributed by atoms with Crippen LogP contribution in [0, 0.1) is 0 Å². The minimum Gasteiger partial charge on any atom is -0.497 e.